The first-order chi connectivity index (χ1) is 18.2. The Hall–Kier alpha value is -3.08. The van der Waals surface area contributed by atoms with Gasteiger partial charge in [0.15, 0.2) is 0 Å². The largest absolute Gasteiger partial charge is 0.363 e. The van der Waals surface area contributed by atoms with Gasteiger partial charge in [-0.2, -0.15) is 5.26 Å². The molecule has 2 atom stereocenters. The van der Waals surface area contributed by atoms with Gasteiger partial charge in [0.25, 0.3) is 5.56 Å². The van der Waals surface area contributed by atoms with E-state index in [1.807, 2.05) is 24.3 Å². The summed E-state index contributed by atoms with van der Waals surface area (Å²) in [6.07, 6.45) is 0. The number of fused-ring (bicyclic) bond motifs is 1. The number of hydrogen-bond donors (Lipinski definition) is 0. The van der Waals surface area contributed by atoms with Gasteiger partial charge in [0.1, 0.15) is 22.3 Å². The first-order valence-electron chi connectivity index (χ1n) is 12.3. The molecular formula is C29H26Cl3N5O. The number of halogens is 3. The maximum atomic E-state index is 13.1. The van der Waals surface area contributed by atoms with Gasteiger partial charge in [0, 0.05) is 42.3 Å². The molecule has 38 heavy (non-hydrogen) atoms. The van der Waals surface area contributed by atoms with Crippen LogP contribution in [0.5, 0.6) is 0 Å². The van der Waals surface area contributed by atoms with Crippen LogP contribution in [0.15, 0.2) is 65.5 Å². The van der Waals surface area contributed by atoms with Crippen molar-refractivity contribution < 1.29 is 0 Å². The van der Waals surface area contributed by atoms with Crippen molar-refractivity contribution in [2.24, 2.45) is 7.05 Å². The minimum Gasteiger partial charge on any atom is -0.363 e. The molecule has 0 spiro atoms. The summed E-state index contributed by atoms with van der Waals surface area (Å²) in [7, 11) is 1.67. The van der Waals surface area contributed by atoms with Gasteiger partial charge in [0.05, 0.1) is 17.2 Å². The van der Waals surface area contributed by atoms with Crippen LogP contribution in [0, 0.1) is 11.3 Å². The van der Waals surface area contributed by atoms with E-state index in [4.69, 9.17) is 34.8 Å². The Morgan fingerprint density at radius 2 is 1.47 bits per heavy atom. The molecule has 9 heteroatoms. The lowest BCUT2D eigenvalue weighted by molar-refractivity contribution is 0.130. The fraction of sp³-hybridized carbons (Fsp3) is 0.276. The van der Waals surface area contributed by atoms with E-state index >= 15 is 0 Å². The predicted molar refractivity (Wildman–Crippen MR) is 154 cm³/mol. The van der Waals surface area contributed by atoms with Gasteiger partial charge in [-0.15, -0.1) is 0 Å². The molecule has 5 rings (SSSR count). The Kier molecular flexibility index (Phi) is 7.39. The van der Waals surface area contributed by atoms with Gasteiger partial charge in [-0.05, 0) is 61.4 Å². The molecule has 2 aromatic heterocycles. The standard InChI is InChI=1S/C29H26Cl3N5O/c1-17-16-37(28-25(32)29(38)35(3)24-13-12-23(14-33)34-26(24)28)18(2)15-36(17)27(19-4-8-21(30)9-5-19)20-6-10-22(31)11-7-20/h4-13,17-18,27H,15-16H2,1-3H3/t17?,18-/m0/s1. The molecular weight excluding hydrogens is 541 g/mol. The summed E-state index contributed by atoms with van der Waals surface area (Å²) in [6.45, 7) is 5.60. The van der Waals surface area contributed by atoms with E-state index in [9.17, 15) is 10.1 Å². The Morgan fingerprint density at radius 1 is 0.895 bits per heavy atom. The number of hydrogen-bond acceptors (Lipinski definition) is 5. The average molecular weight is 567 g/mol. The summed E-state index contributed by atoms with van der Waals surface area (Å²) in [4.78, 5) is 22.2. The van der Waals surface area contributed by atoms with Crippen molar-refractivity contribution >= 4 is 51.5 Å². The van der Waals surface area contributed by atoms with Crippen LogP contribution in [0.3, 0.4) is 0 Å². The normalized spacial score (nSPS) is 18.2. The Bertz CT molecular complexity index is 1550. The summed E-state index contributed by atoms with van der Waals surface area (Å²) < 4.78 is 1.48. The van der Waals surface area contributed by atoms with Crippen LogP contribution in [0.1, 0.15) is 36.7 Å². The fourth-order valence-electron chi connectivity index (χ4n) is 5.37. The van der Waals surface area contributed by atoms with Crippen molar-refractivity contribution in [3.05, 3.63) is 103 Å². The number of benzene rings is 2. The SMILES string of the molecule is CC1CN(c2c(Cl)c(=O)n(C)c3ccc(C#N)nc23)[C@@H](C)CN1C(c1ccc(Cl)cc1)c1ccc(Cl)cc1. The molecule has 0 radical (unpaired) electrons. The minimum atomic E-state index is -0.289. The Morgan fingerprint density at radius 3 is 2.03 bits per heavy atom. The minimum absolute atomic E-state index is 0.00588. The summed E-state index contributed by atoms with van der Waals surface area (Å²) in [6, 6.07) is 21.4. The van der Waals surface area contributed by atoms with E-state index in [2.05, 4.69) is 59.0 Å². The van der Waals surface area contributed by atoms with Gasteiger partial charge in [-0.3, -0.25) is 9.69 Å². The van der Waals surface area contributed by atoms with Crippen LogP contribution in [-0.2, 0) is 7.05 Å². The molecule has 1 aliphatic rings. The van der Waals surface area contributed by atoms with Crippen molar-refractivity contribution in [1.29, 1.82) is 5.26 Å². The monoisotopic (exact) mass is 565 g/mol. The lowest BCUT2D eigenvalue weighted by Crippen LogP contribution is -2.57. The molecule has 1 saturated heterocycles. The molecule has 0 N–H and O–H groups in total. The molecule has 2 aromatic carbocycles. The third-order valence-electron chi connectivity index (χ3n) is 7.30. The zero-order chi connectivity index (χ0) is 27.1. The highest BCUT2D eigenvalue weighted by atomic mass is 35.5. The van der Waals surface area contributed by atoms with E-state index in [0.717, 1.165) is 11.1 Å². The van der Waals surface area contributed by atoms with E-state index < -0.39 is 0 Å². The molecule has 4 aromatic rings. The highest BCUT2D eigenvalue weighted by molar-refractivity contribution is 6.34. The molecule has 0 saturated carbocycles. The molecule has 194 valence electrons. The zero-order valence-electron chi connectivity index (χ0n) is 21.2. The fourth-order valence-corrected chi connectivity index (χ4v) is 5.95. The molecule has 3 heterocycles. The van der Waals surface area contributed by atoms with Crippen LogP contribution in [0.4, 0.5) is 5.69 Å². The van der Waals surface area contributed by atoms with Gasteiger partial charge in [0.2, 0.25) is 0 Å². The first kappa shape index (κ1) is 26.5. The first-order valence-corrected chi connectivity index (χ1v) is 13.5. The van der Waals surface area contributed by atoms with Gasteiger partial charge >= 0.3 is 0 Å². The highest BCUT2D eigenvalue weighted by Gasteiger charge is 2.37. The van der Waals surface area contributed by atoms with Crippen molar-refractivity contribution in [3.63, 3.8) is 0 Å². The third-order valence-corrected chi connectivity index (χ3v) is 8.14. The van der Waals surface area contributed by atoms with Crippen LogP contribution < -0.4 is 10.5 Å². The number of rotatable bonds is 4. The van der Waals surface area contributed by atoms with Crippen LogP contribution in [0.25, 0.3) is 11.0 Å². The Labute approximate surface area is 236 Å². The highest BCUT2D eigenvalue weighted by Crippen LogP contribution is 2.38. The molecule has 0 bridgehead atoms. The zero-order valence-corrected chi connectivity index (χ0v) is 23.5. The summed E-state index contributed by atoms with van der Waals surface area (Å²) >= 11 is 19.1. The molecule has 6 nitrogen and oxygen atoms in total. The summed E-state index contributed by atoms with van der Waals surface area (Å²) in [5.74, 6) is 0. The topological polar surface area (TPSA) is 65.2 Å². The molecule has 1 unspecified atom stereocenters. The van der Waals surface area contributed by atoms with E-state index in [1.165, 1.54) is 4.57 Å². The van der Waals surface area contributed by atoms with Gasteiger partial charge < -0.3 is 9.47 Å². The second-order valence-corrected chi connectivity index (χ2v) is 11.0. The number of aryl methyl sites for hydroxylation is 1. The number of nitriles is 1. The maximum absolute atomic E-state index is 13.1. The quantitative estimate of drug-likeness (QED) is 0.284. The van der Waals surface area contributed by atoms with E-state index in [1.54, 1.807) is 19.2 Å². The molecule has 0 amide bonds. The lowest BCUT2D eigenvalue weighted by Gasteiger charge is -2.48. The third kappa shape index (κ3) is 4.76. The Balaban J connectivity index is 1.58. The second-order valence-electron chi connectivity index (χ2n) is 9.76. The van der Waals surface area contributed by atoms with Gasteiger partial charge in [-0.25, -0.2) is 4.98 Å². The second kappa shape index (κ2) is 10.6. The molecule has 1 aliphatic heterocycles. The lowest BCUT2D eigenvalue weighted by atomic mass is 9.93. The number of pyridine rings is 2. The van der Waals surface area contributed by atoms with Gasteiger partial charge in [-0.1, -0.05) is 59.1 Å². The van der Waals surface area contributed by atoms with Crippen molar-refractivity contribution in [2.75, 3.05) is 18.0 Å². The van der Waals surface area contributed by atoms with Crippen molar-refractivity contribution in [1.82, 2.24) is 14.5 Å². The molecule has 0 aliphatic carbocycles. The molecule has 1 fully saturated rings. The smallest absolute Gasteiger partial charge is 0.271 e. The number of anilines is 1. The van der Waals surface area contributed by atoms with Crippen molar-refractivity contribution in [2.45, 2.75) is 32.0 Å². The average Bonchev–Trinajstić information content (AvgIpc) is 2.91. The van der Waals surface area contributed by atoms with Crippen LogP contribution in [-0.4, -0.2) is 39.6 Å². The van der Waals surface area contributed by atoms with Crippen LogP contribution >= 0.6 is 34.8 Å². The van der Waals surface area contributed by atoms with E-state index in [0.29, 0.717) is 39.9 Å². The van der Waals surface area contributed by atoms with E-state index in [-0.39, 0.29) is 34.4 Å². The van der Waals surface area contributed by atoms with Crippen LogP contribution in [0.2, 0.25) is 15.1 Å². The number of piperazine rings is 1. The summed E-state index contributed by atoms with van der Waals surface area (Å²) in [5.41, 5.74) is 4.01. The summed E-state index contributed by atoms with van der Waals surface area (Å²) in [5, 5.41) is 11.0. The van der Waals surface area contributed by atoms with Crippen molar-refractivity contribution in [3.8, 4) is 6.07 Å². The number of nitrogens with zero attached hydrogens (tertiary/aromatic N) is 5. The predicted octanol–water partition coefficient (Wildman–Crippen LogP) is 6.45. The number of aromatic nitrogens is 2. The maximum Gasteiger partial charge on any atom is 0.271 e.